The van der Waals surface area contributed by atoms with Gasteiger partial charge >= 0.3 is 0 Å². The van der Waals surface area contributed by atoms with Gasteiger partial charge < -0.3 is 5.32 Å². The molecule has 1 fully saturated rings. The van der Waals surface area contributed by atoms with E-state index in [1.807, 2.05) is 0 Å². The van der Waals surface area contributed by atoms with Crippen LogP contribution in [0.25, 0.3) is 0 Å². The van der Waals surface area contributed by atoms with E-state index in [1.54, 1.807) is 18.3 Å². The summed E-state index contributed by atoms with van der Waals surface area (Å²) in [6.45, 7) is 3.11. The Kier molecular flexibility index (Phi) is 5.37. The molecule has 0 radical (unpaired) electrons. The highest BCUT2D eigenvalue weighted by molar-refractivity contribution is 9.10. The Balaban J connectivity index is 1.72. The van der Waals surface area contributed by atoms with Crippen molar-refractivity contribution in [1.29, 1.82) is 0 Å². The molecule has 0 spiro atoms. The zero-order valence-electron chi connectivity index (χ0n) is 11.4. The second-order valence-corrected chi connectivity index (χ2v) is 6.35. The van der Waals surface area contributed by atoms with Crippen LogP contribution >= 0.6 is 15.9 Å². The van der Waals surface area contributed by atoms with E-state index in [0.29, 0.717) is 10.2 Å². The smallest absolute Gasteiger partial charge is 0.251 e. The molecular weight excluding hydrogens is 304 g/mol. The summed E-state index contributed by atoms with van der Waals surface area (Å²) < 4.78 is 0.696. The summed E-state index contributed by atoms with van der Waals surface area (Å²) in [7, 11) is 0. The first-order chi connectivity index (χ1) is 9.15. The summed E-state index contributed by atoms with van der Waals surface area (Å²) in [5.41, 5.74) is 0.666. The standard InChI is InChI=1S/C15H21BrN2O/c1-11-2-4-12(5-3-11)6-8-18-15(19)13-7-9-17-14(16)10-13/h7,9-12H,2-6,8H2,1H3,(H,18,19). The maximum atomic E-state index is 11.9. The number of carbonyl (C=O) groups is 1. The number of aromatic nitrogens is 1. The van der Waals surface area contributed by atoms with Crippen LogP contribution in [-0.2, 0) is 0 Å². The molecule has 1 saturated carbocycles. The molecule has 1 aromatic heterocycles. The highest BCUT2D eigenvalue weighted by atomic mass is 79.9. The molecule has 104 valence electrons. The van der Waals surface area contributed by atoms with Gasteiger partial charge in [0.25, 0.3) is 5.91 Å². The summed E-state index contributed by atoms with van der Waals surface area (Å²) in [5.74, 6) is 1.67. The fourth-order valence-corrected chi connectivity index (χ4v) is 3.02. The fourth-order valence-electron chi connectivity index (χ4n) is 2.65. The van der Waals surface area contributed by atoms with Crippen LogP contribution < -0.4 is 5.32 Å². The molecule has 0 bridgehead atoms. The summed E-state index contributed by atoms with van der Waals surface area (Å²) in [6, 6.07) is 3.49. The van der Waals surface area contributed by atoms with Gasteiger partial charge in [-0.2, -0.15) is 0 Å². The largest absolute Gasteiger partial charge is 0.352 e. The van der Waals surface area contributed by atoms with E-state index in [9.17, 15) is 4.79 Å². The lowest BCUT2D eigenvalue weighted by molar-refractivity contribution is 0.0949. The minimum absolute atomic E-state index is 0.00715. The third-order valence-electron chi connectivity index (χ3n) is 3.96. The third-order valence-corrected chi connectivity index (χ3v) is 4.40. The molecule has 1 N–H and O–H groups in total. The molecule has 4 heteroatoms. The monoisotopic (exact) mass is 324 g/mol. The SMILES string of the molecule is CC1CCC(CCNC(=O)c2ccnc(Br)c2)CC1. The van der Waals surface area contributed by atoms with Gasteiger partial charge in [0.05, 0.1) is 0 Å². The quantitative estimate of drug-likeness (QED) is 0.856. The average molecular weight is 325 g/mol. The van der Waals surface area contributed by atoms with E-state index < -0.39 is 0 Å². The molecule has 1 aliphatic carbocycles. The second-order valence-electron chi connectivity index (χ2n) is 5.54. The molecule has 1 aliphatic rings. The minimum Gasteiger partial charge on any atom is -0.352 e. The molecular formula is C15H21BrN2O. The first-order valence-corrected chi connectivity index (χ1v) is 7.84. The van der Waals surface area contributed by atoms with Crippen molar-refractivity contribution < 1.29 is 4.79 Å². The summed E-state index contributed by atoms with van der Waals surface area (Å²) in [4.78, 5) is 16.0. The number of amides is 1. The third kappa shape index (κ3) is 4.60. The van der Waals surface area contributed by atoms with E-state index in [4.69, 9.17) is 0 Å². The maximum absolute atomic E-state index is 11.9. The Labute approximate surface area is 123 Å². The van der Waals surface area contributed by atoms with Gasteiger partial charge in [-0.25, -0.2) is 4.98 Å². The van der Waals surface area contributed by atoms with Gasteiger partial charge in [-0.1, -0.05) is 32.6 Å². The molecule has 1 heterocycles. The van der Waals surface area contributed by atoms with Crippen molar-refractivity contribution in [3.05, 3.63) is 28.5 Å². The van der Waals surface area contributed by atoms with E-state index in [0.717, 1.165) is 24.8 Å². The normalized spacial score (nSPS) is 23.1. The molecule has 0 aromatic carbocycles. The summed E-state index contributed by atoms with van der Waals surface area (Å²) in [5, 5.41) is 3.00. The van der Waals surface area contributed by atoms with Crippen molar-refractivity contribution in [2.24, 2.45) is 11.8 Å². The van der Waals surface area contributed by atoms with Crippen LogP contribution in [0.2, 0.25) is 0 Å². The van der Waals surface area contributed by atoms with Crippen LogP contribution in [0.4, 0.5) is 0 Å². The Morgan fingerprint density at radius 3 is 2.84 bits per heavy atom. The minimum atomic E-state index is -0.00715. The predicted molar refractivity (Wildman–Crippen MR) is 80.0 cm³/mol. The summed E-state index contributed by atoms with van der Waals surface area (Å²) >= 11 is 3.28. The number of rotatable bonds is 4. The number of nitrogens with one attached hydrogen (secondary N) is 1. The van der Waals surface area contributed by atoms with Crippen LogP contribution in [-0.4, -0.2) is 17.4 Å². The van der Waals surface area contributed by atoms with E-state index >= 15 is 0 Å². The van der Waals surface area contributed by atoms with Crippen molar-refractivity contribution in [3.63, 3.8) is 0 Å². The molecule has 3 nitrogen and oxygen atoms in total. The molecule has 1 aromatic rings. The number of halogens is 1. The van der Waals surface area contributed by atoms with Crippen molar-refractivity contribution in [2.75, 3.05) is 6.54 Å². The first-order valence-electron chi connectivity index (χ1n) is 7.05. The topological polar surface area (TPSA) is 42.0 Å². The first kappa shape index (κ1) is 14.5. The number of carbonyl (C=O) groups excluding carboxylic acids is 1. The highest BCUT2D eigenvalue weighted by Gasteiger charge is 2.18. The van der Waals surface area contributed by atoms with Crippen molar-refractivity contribution in [1.82, 2.24) is 10.3 Å². The van der Waals surface area contributed by atoms with Crippen LogP contribution in [0.1, 0.15) is 49.4 Å². The Bertz CT molecular complexity index is 428. The van der Waals surface area contributed by atoms with Gasteiger partial charge in [0, 0.05) is 18.3 Å². The molecule has 0 aliphatic heterocycles. The van der Waals surface area contributed by atoms with E-state index in [-0.39, 0.29) is 5.91 Å². The lowest BCUT2D eigenvalue weighted by Crippen LogP contribution is -2.26. The zero-order chi connectivity index (χ0) is 13.7. The van der Waals surface area contributed by atoms with Crippen LogP contribution in [0.3, 0.4) is 0 Å². The predicted octanol–water partition coefficient (Wildman–Crippen LogP) is 3.79. The highest BCUT2D eigenvalue weighted by Crippen LogP contribution is 2.29. The van der Waals surface area contributed by atoms with Gasteiger partial charge in [0.15, 0.2) is 0 Å². The van der Waals surface area contributed by atoms with E-state index in [1.165, 1.54) is 25.7 Å². The number of pyridine rings is 1. The van der Waals surface area contributed by atoms with Crippen molar-refractivity contribution in [2.45, 2.75) is 39.0 Å². The molecule has 2 rings (SSSR count). The molecule has 0 atom stereocenters. The van der Waals surface area contributed by atoms with Gasteiger partial charge in [0.2, 0.25) is 0 Å². The zero-order valence-corrected chi connectivity index (χ0v) is 12.9. The fraction of sp³-hybridized carbons (Fsp3) is 0.600. The Morgan fingerprint density at radius 1 is 1.42 bits per heavy atom. The Hall–Kier alpha value is -0.900. The van der Waals surface area contributed by atoms with Crippen LogP contribution in [0.15, 0.2) is 22.9 Å². The van der Waals surface area contributed by atoms with Gasteiger partial charge in [0.1, 0.15) is 4.60 Å². The van der Waals surface area contributed by atoms with Crippen LogP contribution in [0.5, 0.6) is 0 Å². The molecule has 19 heavy (non-hydrogen) atoms. The van der Waals surface area contributed by atoms with E-state index in [2.05, 4.69) is 33.2 Å². The lowest BCUT2D eigenvalue weighted by atomic mass is 9.81. The van der Waals surface area contributed by atoms with Gasteiger partial charge in [-0.15, -0.1) is 0 Å². The summed E-state index contributed by atoms with van der Waals surface area (Å²) in [6.07, 6.45) is 8.06. The van der Waals surface area contributed by atoms with Crippen LogP contribution in [0, 0.1) is 11.8 Å². The van der Waals surface area contributed by atoms with Gasteiger partial charge in [-0.3, -0.25) is 4.79 Å². The molecule has 1 amide bonds. The molecule has 0 saturated heterocycles. The lowest BCUT2D eigenvalue weighted by Gasteiger charge is -2.26. The number of hydrogen-bond donors (Lipinski definition) is 1. The average Bonchev–Trinajstić information content (AvgIpc) is 2.41. The van der Waals surface area contributed by atoms with Crippen molar-refractivity contribution in [3.8, 4) is 0 Å². The second kappa shape index (κ2) is 7.04. The maximum Gasteiger partial charge on any atom is 0.251 e. The van der Waals surface area contributed by atoms with Gasteiger partial charge in [-0.05, 0) is 46.3 Å². The number of nitrogens with zero attached hydrogens (tertiary/aromatic N) is 1. The van der Waals surface area contributed by atoms with Crippen molar-refractivity contribution >= 4 is 21.8 Å². The molecule has 0 unspecified atom stereocenters. The number of hydrogen-bond acceptors (Lipinski definition) is 2. The Morgan fingerprint density at radius 2 is 2.16 bits per heavy atom.